The summed E-state index contributed by atoms with van der Waals surface area (Å²) in [6, 6.07) is 8.62. The van der Waals surface area contributed by atoms with Crippen LogP contribution in [0.15, 0.2) is 59.8 Å². The Bertz CT molecular complexity index is 1050. The van der Waals surface area contributed by atoms with Crippen molar-refractivity contribution < 1.29 is 14.7 Å². The van der Waals surface area contributed by atoms with Gasteiger partial charge in [0.15, 0.2) is 11.1 Å². The first kappa shape index (κ1) is 17.8. The summed E-state index contributed by atoms with van der Waals surface area (Å²) in [5.41, 5.74) is 0.435. The predicted octanol–water partition coefficient (Wildman–Crippen LogP) is 1.05. The molecule has 4 N–H and O–H groups in total. The third kappa shape index (κ3) is 4.54. The van der Waals surface area contributed by atoms with Gasteiger partial charge in [-0.15, -0.1) is 0 Å². The molecule has 0 aliphatic carbocycles. The highest BCUT2D eigenvalue weighted by Gasteiger charge is 2.13. The fourth-order valence-electron chi connectivity index (χ4n) is 2.25. The minimum Gasteiger partial charge on any atom is -0.505 e. The molecule has 0 aliphatic heterocycles. The molecule has 0 unspecified atom stereocenters. The molecule has 0 spiro atoms. The number of rotatable bonds is 5. The van der Waals surface area contributed by atoms with E-state index in [1.54, 1.807) is 12.1 Å². The second-order valence-corrected chi connectivity index (χ2v) is 5.50. The molecule has 0 aromatic carbocycles. The fourth-order valence-corrected chi connectivity index (χ4v) is 2.25. The Balaban J connectivity index is 1.65. The zero-order chi connectivity index (χ0) is 19.2. The van der Waals surface area contributed by atoms with E-state index < -0.39 is 11.8 Å². The molecular weight excluding hydrogens is 350 g/mol. The molecule has 0 radical (unpaired) electrons. The molecule has 136 valence electrons. The molecule has 2 amide bonds. The van der Waals surface area contributed by atoms with E-state index in [2.05, 4.69) is 25.6 Å². The maximum atomic E-state index is 12.2. The van der Waals surface area contributed by atoms with Crippen molar-refractivity contribution in [1.82, 2.24) is 20.3 Å². The van der Waals surface area contributed by atoms with Crippen molar-refractivity contribution >= 4 is 17.6 Å². The van der Waals surface area contributed by atoms with Crippen molar-refractivity contribution in [3.05, 3.63) is 82.2 Å². The average molecular weight is 365 g/mol. The van der Waals surface area contributed by atoms with Crippen molar-refractivity contribution in [3.8, 4) is 5.75 Å². The maximum absolute atomic E-state index is 12.2. The number of H-pyrrole nitrogens is 1. The monoisotopic (exact) mass is 365 g/mol. The molecule has 0 saturated heterocycles. The topological polar surface area (TPSA) is 137 Å². The zero-order valence-electron chi connectivity index (χ0n) is 14.0. The molecule has 3 heterocycles. The zero-order valence-corrected chi connectivity index (χ0v) is 14.0. The number of hydrogen-bond donors (Lipinski definition) is 4. The first-order chi connectivity index (χ1) is 13.0. The second kappa shape index (κ2) is 7.91. The van der Waals surface area contributed by atoms with Gasteiger partial charge in [-0.3, -0.25) is 14.4 Å². The van der Waals surface area contributed by atoms with E-state index in [0.29, 0.717) is 5.56 Å². The second-order valence-electron chi connectivity index (χ2n) is 5.50. The smallest absolute Gasteiger partial charge is 0.279 e. The number of nitrogens with one attached hydrogen (secondary N) is 3. The Morgan fingerprint density at radius 1 is 1.07 bits per heavy atom. The Hall–Kier alpha value is -4.01. The van der Waals surface area contributed by atoms with Crippen LogP contribution in [0.2, 0.25) is 0 Å². The maximum Gasteiger partial charge on any atom is 0.279 e. The molecule has 3 aromatic heterocycles. The molecule has 27 heavy (non-hydrogen) atoms. The number of carbonyl (C=O) groups excluding carboxylic acids is 2. The summed E-state index contributed by atoms with van der Waals surface area (Å²) in [5, 5.41) is 14.9. The highest BCUT2D eigenvalue weighted by atomic mass is 16.3. The first-order valence-corrected chi connectivity index (χ1v) is 7.90. The van der Waals surface area contributed by atoms with Crippen LogP contribution in [0.25, 0.3) is 0 Å². The van der Waals surface area contributed by atoms with Crippen molar-refractivity contribution in [3.63, 3.8) is 0 Å². The van der Waals surface area contributed by atoms with E-state index in [9.17, 15) is 19.5 Å². The van der Waals surface area contributed by atoms with Crippen LogP contribution in [-0.4, -0.2) is 31.9 Å². The number of aromatic amines is 1. The van der Waals surface area contributed by atoms with E-state index in [4.69, 9.17) is 0 Å². The number of pyridine rings is 3. The van der Waals surface area contributed by atoms with Gasteiger partial charge in [0, 0.05) is 37.3 Å². The van der Waals surface area contributed by atoms with Gasteiger partial charge in [-0.25, -0.2) is 9.97 Å². The van der Waals surface area contributed by atoms with Gasteiger partial charge in [0.2, 0.25) is 0 Å². The van der Waals surface area contributed by atoms with Crippen LogP contribution < -0.4 is 16.1 Å². The number of aromatic hydroxyl groups is 1. The van der Waals surface area contributed by atoms with Gasteiger partial charge in [0.25, 0.3) is 11.8 Å². The quantitative estimate of drug-likeness (QED) is 0.533. The highest BCUT2D eigenvalue weighted by molar-refractivity contribution is 6.04. The normalized spacial score (nSPS) is 10.2. The van der Waals surface area contributed by atoms with E-state index in [1.165, 1.54) is 42.9 Å². The summed E-state index contributed by atoms with van der Waals surface area (Å²) >= 11 is 0. The van der Waals surface area contributed by atoms with E-state index in [1.807, 2.05) is 0 Å². The molecule has 0 aliphatic rings. The van der Waals surface area contributed by atoms with E-state index in [-0.39, 0.29) is 34.9 Å². The largest absolute Gasteiger partial charge is 0.505 e. The molecule has 0 atom stereocenters. The summed E-state index contributed by atoms with van der Waals surface area (Å²) in [7, 11) is 0. The number of hydrogen-bond acceptors (Lipinski definition) is 6. The first-order valence-electron chi connectivity index (χ1n) is 7.90. The fraction of sp³-hybridized carbons (Fsp3) is 0.0556. The molecule has 9 heteroatoms. The molecular formula is C18H15N5O4. The number of carbonyl (C=O) groups is 2. The Morgan fingerprint density at radius 2 is 1.93 bits per heavy atom. The summed E-state index contributed by atoms with van der Waals surface area (Å²) in [4.78, 5) is 46.0. The lowest BCUT2D eigenvalue weighted by Crippen LogP contribution is -2.25. The minimum atomic E-state index is -0.608. The lowest BCUT2D eigenvalue weighted by molar-refractivity contribution is 0.0944. The summed E-state index contributed by atoms with van der Waals surface area (Å²) in [6.45, 7) is 0.163. The van der Waals surface area contributed by atoms with Crippen LogP contribution in [0.4, 0.5) is 5.82 Å². The standard InChI is InChI=1S/C18H15N5O4/c24-12-4-7-19-13(9-12)17(26)22-10-11-3-6-20-15(8-11)23-18(27)16-14(25)2-1-5-21-16/h1-9,25H,10H2,(H,19,24)(H,22,26)(H,20,23,27). The van der Waals surface area contributed by atoms with Gasteiger partial charge in [0.05, 0.1) is 0 Å². The number of nitrogens with zero attached hydrogens (tertiary/aromatic N) is 2. The molecule has 0 saturated carbocycles. The molecule has 3 rings (SSSR count). The van der Waals surface area contributed by atoms with Crippen LogP contribution in [0, 0.1) is 0 Å². The van der Waals surface area contributed by atoms with Crippen LogP contribution >= 0.6 is 0 Å². The lowest BCUT2D eigenvalue weighted by Gasteiger charge is -2.08. The van der Waals surface area contributed by atoms with Crippen molar-refractivity contribution in [2.75, 3.05) is 5.32 Å². The molecule has 0 fully saturated rings. The summed E-state index contributed by atoms with van der Waals surface area (Å²) in [5.74, 6) is -1.04. The predicted molar refractivity (Wildman–Crippen MR) is 96.3 cm³/mol. The average Bonchev–Trinajstić information content (AvgIpc) is 2.66. The van der Waals surface area contributed by atoms with Crippen molar-refractivity contribution in [2.45, 2.75) is 6.54 Å². The van der Waals surface area contributed by atoms with Gasteiger partial charge < -0.3 is 20.7 Å². The lowest BCUT2D eigenvalue weighted by atomic mass is 10.2. The Morgan fingerprint density at radius 3 is 2.70 bits per heavy atom. The number of amides is 2. The van der Waals surface area contributed by atoms with Gasteiger partial charge in [-0.1, -0.05) is 0 Å². The summed E-state index contributed by atoms with van der Waals surface area (Å²) < 4.78 is 0. The Kier molecular flexibility index (Phi) is 5.22. The van der Waals surface area contributed by atoms with Crippen molar-refractivity contribution in [1.29, 1.82) is 0 Å². The van der Waals surface area contributed by atoms with Gasteiger partial charge in [-0.05, 0) is 29.8 Å². The number of aromatic nitrogens is 3. The third-order valence-corrected chi connectivity index (χ3v) is 3.54. The molecule has 3 aromatic rings. The summed E-state index contributed by atoms with van der Waals surface area (Å²) in [6.07, 6.45) is 4.26. The third-order valence-electron chi connectivity index (χ3n) is 3.54. The van der Waals surface area contributed by atoms with E-state index in [0.717, 1.165) is 0 Å². The number of anilines is 1. The van der Waals surface area contributed by atoms with Crippen LogP contribution in [0.5, 0.6) is 5.75 Å². The SMILES string of the molecule is O=C(NCc1ccnc(NC(=O)c2ncccc2O)c1)c1cc(=O)cc[nH]1. The van der Waals surface area contributed by atoms with Gasteiger partial charge in [-0.2, -0.15) is 0 Å². The van der Waals surface area contributed by atoms with E-state index >= 15 is 0 Å². The van der Waals surface area contributed by atoms with Crippen molar-refractivity contribution in [2.24, 2.45) is 0 Å². The van der Waals surface area contributed by atoms with Crippen LogP contribution in [0.3, 0.4) is 0 Å². The molecule has 0 bridgehead atoms. The minimum absolute atomic E-state index is 0.119. The van der Waals surface area contributed by atoms with Crippen LogP contribution in [0.1, 0.15) is 26.5 Å². The van der Waals surface area contributed by atoms with Crippen LogP contribution in [-0.2, 0) is 6.54 Å². The highest BCUT2D eigenvalue weighted by Crippen LogP contribution is 2.15. The Labute approximate surface area is 153 Å². The van der Waals surface area contributed by atoms with Gasteiger partial charge >= 0.3 is 0 Å². The molecule has 9 nitrogen and oxygen atoms in total. The van der Waals surface area contributed by atoms with Gasteiger partial charge in [0.1, 0.15) is 17.3 Å².